The molecule has 1 saturated heterocycles. The number of pyridine rings is 2. The summed E-state index contributed by atoms with van der Waals surface area (Å²) in [4.78, 5) is 36.9. The van der Waals surface area contributed by atoms with E-state index in [1.165, 1.54) is 17.3 Å². The van der Waals surface area contributed by atoms with Crippen molar-refractivity contribution in [2.24, 2.45) is 0 Å². The highest BCUT2D eigenvalue weighted by molar-refractivity contribution is 6.08. The van der Waals surface area contributed by atoms with Crippen LogP contribution in [0.5, 0.6) is 0 Å². The summed E-state index contributed by atoms with van der Waals surface area (Å²) in [6.07, 6.45) is 3.16. The molecular formula is C34H35FN6O4. The van der Waals surface area contributed by atoms with Gasteiger partial charge in [-0.25, -0.2) is 24.8 Å². The molecule has 4 aromatic rings. The number of hydrazine groups is 1. The number of hydrogen-bond donors (Lipinski definition) is 3. The number of halogens is 1. The number of hydrogen-bond acceptors (Lipinski definition) is 8. The van der Waals surface area contributed by atoms with Crippen LogP contribution in [0.2, 0.25) is 0 Å². The molecule has 11 heteroatoms. The van der Waals surface area contributed by atoms with Crippen LogP contribution in [-0.4, -0.2) is 58.1 Å². The first-order valence-electron chi connectivity index (χ1n) is 14.8. The van der Waals surface area contributed by atoms with Gasteiger partial charge in [-0.05, 0) is 64.1 Å². The van der Waals surface area contributed by atoms with Crippen LogP contribution in [0.25, 0.3) is 11.1 Å². The highest BCUT2D eigenvalue weighted by atomic mass is 19.1. The number of amides is 2. The molecule has 4 heterocycles. The lowest BCUT2D eigenvalue weighted by molar-refractivity contribution is 0.0302. The molecule has 0 unspecified atom stereocenters. The van der Waals surface area contributed by atoms with Crippen LogP contribution < -0.4 is 15.8 Å². The Labute approximate surface area is 260 Å². The van der Waals surface area contributed by atoms with Gasteiger partial charge in [-0.1, -0.05) is 39.0 Å². The average Bonchev–Trinajstić information content (AvgIpc) is 3.04. The van der Waals surface area contributed by atoms with E-state index >= 15 is 4.39 Å². The fraction of sp³-hybridized carbons (Fsp3) is 0.294. The average molecular weight is 611 g/mol. The Kier molecular flexibility index (Phi) is 8.32. The number of aliphatic hydroxyl groups is 1. The minimum atomic E-state index is -0.562. The summed E-state index contributed by atoms with van der Waals surface area (Å²) in [7, 11) is 0. The van der Waals surface area contributed by atoms with Gasteiger partial charge in [0, 0.05) is 37.6 Å². The van der Waals surface area contributed by atoms with Crippen molar-refractivity contribution in [3.05, 3.63) is 101 Å². The first kappa shape index (κ1) is 30.3. The second-order valence-corrected chi connectivity index (χ2v) is 12.1. The zero-order valence-corrected chi connectivity index (χ0v) is 25.4. The lowest BCUT2D eigenvalue weighted by Gasteiger charge is -2.32. The molecule has 10 nitrogen and oxygen atoms in total. The van der Waals surface area contributed by atoms with E-state index in [1.807, 2.05) is 32.9 Å². The zero-order chi connectivity index (χ0) is 31.7. The lowest BCUT2D eigenvalue weighted by atomic mass is 9.84. The van der Waals surface area contributed by atoms with Crippen LogP contribution in [0.1, 0.15) is 58.2 Å². The van der Waals surface area contributed by atoms with Crippen molar-refractivity contribution < 1.29 is 23.8 Å². The fourth-order valence-corrected chi connectivity index (χ4v) is 5.58. The van der Waals surface area contributed by atoms with Gasteiger partial charge in [0.1, 0.15) is 17.5 Å². The Morgan fingerprint density at radius 1 is 1.07 bits per heavy atom. The minimum absolute atomic E-state index is 0.0246. The molecule has 2 aliphatic heterocycles. The Balaban J connectivity index is 1.24. The number of nitrogens with one attached hydrogen (secondary N) is 2. The number of rotatable bonds is 6. The van der Waals surface area contributed by atoms with Gasteiger partial charge in [0.2, 0.25) is 0 Å². The molecule has 0 spiro atoms. The van der Waals surface area contributed by atoms with Crippen molar-refractivity contribution in [2.45, 2.75) is 39.3 Å². The second kappa shape index (κ2) is 12.4. The Hall–Kier alpha value is -4.71. The molecule has 3 N–H and O–H groups in total. The third kappa shape index (κ3) is 6.15. The van der Waals surface area contributed by atoms with Gasteiger partial charge in [0.15, 0.2) is 0 Å². The smallest absolute Gasteiger partial charge is 0.275 e. The number of carbonyl (C=O) groups is 2. The van der Waals surface area contributed by atoms with Crippen molar-refractivity contribution in [2.75, 3.05) is 36.6 Å². The van der Waals surface area contributed by atoms with Gasteiger partial charge in [-0.3, -0.25) is 9.59 Å². The van der Waals surface area contributed by atoms with E-state index in [0.717, 1.165) is 11.1 Å². The van der Waals surface area contributed by atoms with E-state index in [0.29, 0.717) is 65.9 Å². The summed E-state index contributed by atoms with van der Waals surface area (Å²) < 4.78 is 20.7. The topological polar surface area (TPSA) is 120 Å². The zero-order valence-electron chi connectivity index (χ0n) is 25.4. The monoisotopic (exact) mass is 610 g/mol. The summed E-state index contributed by atoms with van der Waals surface area (Å²) in [6.45, 7) is 8.05. The first-order chi connectivity index (χ1) is 21.6. The van der Waals surface area contributed by atoms with Crippen LogP contribution in [0.15, 0.2) is 67.0 Å². The van der Waals surface area contributed by atoms with Gasteiger partial charge >= 0.3 is 0 Å². The lowest BCUT2D eigenvalue weighted by Crippen LogP contribution is -2.48. The van der Waals surface area contributed by atoms with Gasteiger partial charge in [-0.2, -0.15) is 0 Å². The van der Waals surface area contributed by atoms with Gasteiger partial charge < -0.3 is 20.1 Å². The summed E-state index contributed by atoms with van der Waals surface area (Å²) in [5.41, 5.74) is 7.12. The molecule has 6 rings (SSSR count). The van der Waals surface area contributed by atoms with Crippen molar-refractivity contribution >= 4 is 29.1 Å². The molecule has 0 aliphatic carbocycles. The molecule has 0 saturated carbocycles. The maximum absolute atomic E-state index is 15.3. The number of aliphatic hydroxyl groups excluding tert-OH is 1. The van der Waals surface area contributed by atoms with E-state index < -0.39 is 11.7 Å². The number of aromatic nitrogens is 2. The number of morpholine rings is 1. The number of ether oxygens (including phenoxy) is 1. The number of fused-ring (bicyclic) bond motifs is 1. The number of carbonyl (C=O) groups excluding carboxylic acids is 2. The van der Waals surface area contributed by atoms with Crippen LogP contribution >= 0.6 is 0 Å². The minimum Gasteiger partial charge on any atom is -0.392 e. The normalized spacial score (nSPS) is 15.2. The fourth-order valence-electron chi connectivity index (χ4n) is 5.58. The van der Waals surface area contributed by atoms with Crippen molar-refractivity contribution in [1.29, 1.82) is 0 Å². The molecule has 2 aliphatic rings. The van der Waals surface area contributed by atoms with E-state index in [-0.39, 0.29) is 30.0 Å². The molecule has 1 fully saturated rings. The molecule has 232 valence electrons. The maximum atomic E-state index is 15.3. The standard InChI is InChI=1S/C34H35FN6O4/c1-34(2,3)24-15-23-19-38-41(33(44)31(23)27(35)17-24)28-6-4-5-25(26(28)20-42)21-9-10-36-30(16-21)39-29-8-7-22(18-37-29)32(43)40-11-13-45-14-12-40/h4-10,15-18,38,42H,11-14,19-20H2,1-3H3,(H,36,37,39). The highest BCUT2D eigenvalue weighted by Crippen LogP contribution is 2.35. The number of anilines is 3. The quantitative estimate of drug-likeness (QED) is 0.281. The van der Waals surface area contributed by atoms with Crippen LogP contribution in [0.3, 0.4) is 0 Å². The van der Waals surface area contributed by atoms with E-state index in [1.54, 1.807) is 47.5 Å². The predicted molar refractivity (Wildman–Crippen MR) is 169 cm³/mol. The van der Waals surface area contributed by atoms with Gasteiger partial charge in [0.25, 0.3) is 11.8 Å². The maximum Gasteiger partial charge on any atom is 0.275 e. The van der Waals surface area contributed by atoms with Crippen molar-refractivity contribution in [1.82, 2.24) is 20.3 Å². The van der Waals surface area contributed by atoms with Crippen LogP contribution in [-0.2, 0) is 23.3 Å². The Bertz CT molecular complexity index is 1750. The molecular weight excluding hydrogens is 575 g/mol. The Morgan fingerprint density at radius 3 is 2.58 bits per heavy atom. The highest BCUT2D eigenvalue weighted by Gasteiger charge is 2.32. The largest absolute Gasteiger partial charge is 0.392 e. The first-order valence-corrected chi connectivity index (χ1v) is 14.8. The van der Waals surface area contributed by atoms with Crippen LogP contribution in [0.4, 0.5) is 21.7 Å². The molecule has 0 atom stereocenters. The molecule has 45 heavy (non-hydrogen) atoms. The third-order valence-electron chi connectivity index (χ3n) is 8.07. The SMILES string of the molecule is CC(C)(C)c1cc(F)c2c(c1)CNN(c1cccc(-c3ccnc(Nc4ccc(C(=O)N5CCOCC5)cn4)c3)c1CO)C2=O. The molecule has 2 aromatic carbocycles. The summed E-state index contributed by atoms with van der Waals surface area (Å²) in [5.74, 6) is -0.170. The second-order valence-electron chi connectivity index (χ2n) is 12.1. The van der Waals surface area contributed by atoms with E-state index in [9.17, 15) is 14.7 Å². The van der Waals surface area contributed by atoms with Gasteiger partial charge in [-0.15, -0.1) is 0 Å². The van der Waals surface area contributed by atoms with Crippen LogP contribution in [0, 0.1) is 5.82 Å². The van der Waals surface area contributed by atoms with Crippen molar-refractivity contribution in [3.63, 3.8) is 0 Å². The predicted octanol–water partition coefficient (Wildman–Crippen LogP) is 4.95. The van der Waals surface area contributed by atoms with Gasteiger partial charge in [0.05, 0.1) is 36.6 Å². The molecule has 0 radical (unpaired) electrons. The molecule has 2 amide bonds. The molecule has 0 bridgehead atoms. The third-order valence-corrected chi connectivity index (χ3v) is 8.07. The molecule has 2 aromatic heterocycles. The summed E-state index contributed by atoms with van der Waals surface area (Å²) in [5, 5.41) is 15.0. The Morgan fingerprint density at radius 2 is 1.87 bits per heavy atom. The van der Waals surface area contributed by atoms with E-state index in [2.05, 4.69) is 20.7 Å². The number of nitrogens with zero attached hydrogens (tertiary/aromatic N) is 4. The number of benzene rings is 2. The summed E-state index contributed by atoms with van der Waals surface area (Å²) >= 11 is 0. The van der Waals surface area contributed by atoms with Crippen molar-refractivity contribution in [3.8, 4) is 11.1 Å². The summed E-state index contributed by atoms with van der Waals surface area (Å²) in [6, 6.07) is 15.7. The van der Waals surface area contributed by atoms with E-state index in [4.69, 9.17) is 4.74 Å².